The van der Waals surface area contributed by atoms with Crippen LogP contribution in [0.4, 0.5) is 5.69 Å². The van der Waals surface area contributed by atoms with Crippen LogP contribution in [-0.2, 0) is 9.53 Å². The number of carbonyl (C=O) groups excluding carboxylic acids is 1. The van der Waals surface area contributed by atoms with Crippen molar-refractivity contribution in [3.05, 3.63) is 29.8 Å². The lowest BCUT2D eigenvalue weighted by atomic mass is 10.0. The third kappa shape index (κ3) is 3.48. The van der Waals surface area contributed by atoms with Gasteiger partial charge in [-0.3, -0.25) is 4.79 Å². The number of carboxylic acids is 1. The molecule has 3 N–H and O–H groups in total. The fourth-order valence-electron chi connectivity index (χ4n) is 2.41. The number of primary amides is 1. The molecule has 2 rings (SSSR count). The van der Waals surface area contributed by atoms with Crippen LogP contribution >= 0.6 is 0 Å². The highest BCUT2D eigenvalue weighted by molar-refractivity contribution is 5.98. The van der Waals surface area contributed by atoms with Crippen LogP contribution in [0.1, 0.15) is 23.2 Å². The van der Waals surface area contributed by atoms with Crippen LogP contribution < -0.4 is 10.6 Å². The third-order valence-electron chi connectivity index (χ3n) is 3.39. The van der Waals surface area contributed by atoms with Gasteiger partial charge in [0.05, 0.1) is 11.7 Å². The molecule has 1 aliphatic heterocycles. The monoisotopic (exact) mass is 278 g/mol. The van der Waals surface area contributed by atoms with E-state index in [1.807, 2.05) is 12.1 Å². The average Bonchev–Trinajstić information content (AvgIpc) is 2.45. The molecule has 0 saturated carbocycles. The van der Waals surface area contributed by atoms with Gasteiger partial charge >= 0.3 is 5.97 Å². The molecule has 1 amide bonds. The second kappa shape index (κ2) is 6.38. The zero-order valence-corrected chi connectivity index (χ0v) is 11.1. The van der Waals surface area contributed by atoms with Crippen LogP contribution in [0.15, 0.2) is 24.3 Å². The number of piperidine rings is 1. The third-order valence-corrected chi connectivity index (χ3v) is 3.39. The minimum absolute atomic E-state index is 0.0388. The van der Waals surface area contributed by atoms with Crippen LogP contribution in [0.25, 0.3) is 0 Å². The topological polar surface area (TPSA) is 92.9 Å². The van der Waals surface area contributed by atoms with Crippen molar-refractivity contribution < 1.29 is 19.4 Å². The number of anilines is 1. The van der Waals surface area contributed by atoms with E-state index < -0.39 is 11.9 Å². The van der Waals surface area contributed by atoms with Gasteiger partial charge < -0.3 is 20.5 Å². The minimum atomic E-state index is -0.952. The minimum Gasteiger partial charge on any atom is -0.480 e. The summed E-state index contributed by atoms with van der Waals surface area (Å²) in [5, 5.41) is 8.58. The molecule has 1 fully saturated rings. The Hall–Kier alpha value is -2.08. The van der Waals surface area contributed by atoms with Gasteiger partial charge in [-0.2, -0.15) is 0 Å². The molecule has 1 aliphatic rings. The summed E-state index contributed by atoms with van der Waals surface area (Å²) in [6.07, 6.45) is 1.43. The molecule has 0 aliphatic carbocycles. The second-order valence-corrected chi connectivity index (χ2v) is 4.77. The standard InChI is InChI=1S/C14H18N2O4/c15-14(19)11-3-1-2-4-12(11)16-7-5-10(6-8-16)20-9-13(17)18/h1-4,10H,5-9H2,(H2,15,19)(H,17,18). The smallest absolute Gasteiger partial charge is 0.329 e. The molecular formula is C14H18N2O4. The number of rotatable bonds is 5. The lowest BCUT2D eigenvalue weighted by Crippen LogP contribution is -2.38. The second-order valence-electron chi connectivity index (χ2n) is 4.77. The fourth-order valence-corrected chi connectivity index (χ4v) is 2.41. The van der Waals surface area contributed by atoms with Gasteiger partial charge in [0, 0.05) is 18.8 Å². The number of benzene rings is 1. The van der Waals surface area contributed by atoms with Gasteiger partial charge in [-0.25, -0.2) is 4.79 Å². The molecule has 0 aromatic heterocycles. The Morgan fingerprint density at radius 1 is 1.30 bits per heavy atom. The van der Waals surface area contributed by atoms with E-state index in [4.69, 9.17) is 15.6 Å². The molecule has 0 radical (unpaired) electrons. The Morgan fingerprint density at radius 3 is 2.55 bits per heavy atom. The summed E-state index contributed by atoms with van der Waals surface area (Å²) in [6.45, 7) is 1.17. The summed E-state index contributed by atoms with van der Waals surface area (Å²) < 4.78 is 5.29. The molecule has 0 atom stereocenters. The van der Waals surface area contributed by atoms with Crippen molar-refractivity contribution in [1.29, 1.82) is 0 Å². The summed E-state index contributed by atoms with van der Waals surface area (Å²) in [6, 6.07) is 7.24. The number of amides is 1. The molecule has 108 valence electrons. The first-order valence-corrected chi connectivity index (χ1v) is 6.55. The van der Waals surface area contributed by atoms with Gasteiger partial charge in [-0.15, -0.1) is 0 Å². The number of para-hydroxylation sites is 1. The van der Waals surface area contributed by atoms with E-state index in [9.17, 15) is 9.59 Å². The average molecular weight is 278 g/mol. The largest absolute Gasteiger partial charge is 0.480 e. The van der Waals surface area contributed by atoms with Crippen LogP contribution in [0.3, 0.4) is 0 Å². The lowest BCUT2D eigenvalue weighted by Gasteiger charge is -2.34. The lowest BCUT2D eigenvalue weighted by molar-refractivity contribution is -0.144. The molecule has 1 saturated heterocycles. The van der Waals surface area contributed by atoms with E-state index in [2.05, 4.69) is 4.90 Å². The van der Waals surface area contributed by atoms with E-state index in [-0.39, 0.29) is 12.7 Å². The van der Waals surface area contributed by atoms with E-state index in [1.165, 1.54) is 0 Å². The molecule has 6 nitrogen and oxygen atoms in total. The molecule has 1 heterocycles. The zero-order chi connectivity index (χ0) is 14.5. The van der Waals surface area contributed by atoms with E-state index >= 15 is 0 Å². The summed E-state index contributed by atoms with van der Waals surface area (Å²) in [5.41, 5.74) is 6.72. The number of aliphatic carboxylic acids is 1. The summed E-state index contributed by atoms with van der Waals surface area (Å²) in [4.78, 5) is 24.0. The van der Waals surface area contributed by atoms with Crippen LogP contribution in [0.5, 0.6) is 0 Å². The number of carboxylic acid groups (broad SMARTS) is 1. The summed E-state index contributed by atoms with van der Waals surface area (Å²) in [5.74, 6) is -1.39. The molecule has 0 unspecified atom stereocenters. The highest BCUT2D eigenvalue weighted by Gasteiger charge is 2.22. The molecule has 1 aromatic rings. The maximum absolute atomic E-state index is 11.4. The summed E-state index contributed by atoms with van der Waals surface area (Å²) >= 11 is 0. The van der Waals surface area contributed by atoms with E-state index in [1.54, 1.807) is 12.1 Å². The first-order valence-electron chi connectivity index (χ1n) is 6.55. The maximum Gasteiger partial charge on any atom is 0.329 e. The molecule has 20 heavy (non-hydrogen) atoms. The Bertz CT molecular complexity index is 496. The first kappa shape index (κ1) is 14.3. The van der Waals surface area contributed by atoms with Gasteiger partial charge in [0.2, 0.25) is 0 Å². The number of hydrogen-bond acceptors (Lipinski definition) is 4. The van der Waals surface area contributed by atoms with Crippen LogP contribution in [0.2, 0.25) is 0 Å². The highest BCUT2D eigenvalue weighted by atomic mass is 16.5. The van der Waals surface area contributed by atoms with Gasteiger partial charge in [-0.1, -0.05) is 12.1 Å². The van der Waals surface area contributed by atoms with Crippen LogP contribution in [0, 0.1) is 0 Å². The van der Waals surface area contributed by atoms with Crippen molar-refractivity contribution in [2.45, 2.75) is 18.9 Å². The normalized spacial score (nSPS) is 16.1. The Kier molecular flexibility index (Phi) is 4.57. The predicted octanol–water partition coefficient (Wildman–Crippen LogP) is 0.855. The number of ether oxygens (including phenoxy) is 1. The van der Waals surface area contributed by atoms with Crippen LogP contribution in [-0.4, -0.2) is 42.8 Å². The van der Waals surface area contributed by atoms with E-state index in [0.29, 0.717) is 18.7 Å². The van der Waals surface area contributed by atoms with Crippen molar-refractivity contribution in [1.82, 2.24) is 0 Å². The van der Waals surface area contributed by atoms with Crippen molar-refractivity contribution in [3.63, 3.8) is 0 Å². The molecular weight excluding hydrogens is 260 g/mol. The highest BCUT2D eigenvalue weighted by Crippen LogP contribution is 2.24. The predicted molar refractivity (Wildman–Crippen MR) is 73.8 cm³/mol. The summed E-state index contributed by atoms with van der Waals surface area (Å²) in [7, 11) is 0. The van der Waals surface area contributed by atoms with Gasteiger partial charge in [0.25, 0.3) is 5.91 Å². The SMILES string of the molecule is NC(=O)c1ccccc1N1CCC(OCC(=O)O)CC1. The molecule has 1 aromatic carbocycles. The Labute approximate surface area is 117 Å². The maximum atomic E-state index is 11.4. The van der Waals surface area contributed by atoms with Crippen molar-refractivity contribution in [3.8, 4) is 0 Å². The van der Waals surface area contributed by atoms with Crippen molar-refractivity contribution in [2.24, 2.45) is 5.73 Å². The number of nitrogens with two attached hydrogens (primary N) is 1. The van der Waals surface area contributed by atoms with Gasteiger partial charge in [0.15, 0.2) is 0 Å². The molecule has 0 bridgehead atoms. The zero-order valence-electron chi connectivity index (χ0n) is 11.1. The van der Waals surface area contributed by atoms with E-state index in [0.717, 1.165) is 18.5 Å². The molecule has 0 spiro atoms. The Morgan fingerprint density at radius 2 is 1.95 bits per heavy atom. The van der Waals surface area contributed by atoms with Crippen molar-refractivity contribution in [2.75, 3.05) is 24.6 Å². The number of hydrogen-bond donors (Lipinski definition) is 2. The number of nitrogens with zero attached hydrogens (tertiary/aromatic N) is 1. The van der Waals surface area contributed by atoms with Gasteiger partial charge in [0.1, 0.15) is 6.61 Å². The van der Waals surface area contributed by atoms with Crippen molar-refractivity contribution >= 4 is 17.6 Å². The number of carbonyl (C=O) groups is 2. The fraction of sp³-hybridized carbons (Fsp3) is 0.429. The molecule has 6 heteroatoms. The van der Waals surface area contributed by atoms with Gasteiger partial charge in [-0.05, 0) is 25.0 Å². The Balaban J connectivity index is 1.97. The first-order chi connectivity index (χ1) is 9.58. The quantitative estimate of drug-likeness (QED) is 0.833.